The normalized spacial score (nSPS) is 13.7. The number of carbonyl (C=O) groups is 1. The number of carbonyl (C=O) groups excluding carboxylic acids is 1. The van der Waals surface area contributed by atoms with Crippen LogP contribution in [0.3, 0.4) is 0 Å². The van der Waals surface area contributed by atoms with E-state index in [9.17, 15) is 4.79 Å². The van der Waals surface area contributed by atoms with Gasteiger partial charge in [-0.05, 0) is 6.92 Å². The van der Waals surface area contributed by atoms with Crippen molar-refractivity contribution < 1.29 is 14.8 Å². The number of quaternary nitrogens is 1. The van der Waals surface area contributed by atoms with Gasteiger partial charge in [-0.1, -0.05) is 0 Å². The summed E-state index contributed by atoms with van der Waals surface area (Å²) >= 11 is 0. The third kappa shape index (κ3) is 5.72. The highest BCUT2D eigenvalue weighted by molar-refractivity contribution is 5.75. The molecule has 0 aromatic rings. The maximum atomic E-state index is 10.5. The zero-order valence-electron chi connectivity index (χ0n) is 6.85. The molecule has 0 saturated carbocycles. The third-order valence-electron chi connectivity index (χ3n) is 1.17. The van der Waals surface area contributed by atoms with E-state index in [1.54, 1.807) is 0 Å². The largest absolute Gasteiger partial charge is 0.387 e. The second-order valence-electron chi connectivity index (χ2n) is 2.97. The molecule has 0 aliphatic heterocycles. The summed E-state index contributed by atoms with van der Waals surface area (Å²) in [5, 5.41) is 9.15. The lowest BCUT2D eigenvalue weighted by atomic mass is 10.2. The lowest BCUT2D eigenvalue weighted by Crippen LogP contribution is -3.07. The molecule has 1 unspecified atom stereocenters. The minimum Gasteiger partial charge on any atom is -0.387 e. The van der Waals surface area contributed by atoms with Gasteiger partial charge in [-0.15, -0.1) is 0 Å². The van der Waals surface area contributed by atoms with E-state index in [0.717, 1.165) is 4.90 Å². The molecule has 0 fully saturated rings. The molecule has 0 rings (SSSR count). The molecule has 60 valence electrons. The number of likely N-dealkylation sites (N-methyl/N-ethyl adjacent to an activating group) is 1. The van der Waals surface area contributed by atoms with Crippen molar-refractivity contribution >= 4 is 5.78 Å². The standard InChI is InChI=1S/C7H15NO2/c1-6(9)4-7(10)5-8(2)3/h7,10H,4-5H2,1-3H3/p+1. The van der Waals surface area contributed by atoms with Gasteiger partial charge in [-0.2, -0.15) is 0 Å². The van der Waals surface area contributed by atoms with Crippen LogP contribution in [-0.2, 0) is 4.79 Å². The summed E-state index contributed by atoms with van der Waals surface area (Å²) in [6.07, 6.45) is -0.187. The van der Waals surface area contributed by atoms with Crippen LogP contribution >= 0.6 is 0 Å². The van der Waals surface area contributed by atoms with Crippen LogP contribution in [0.2, 0.25) is 0 Å². The first-order valence-electron chi connectivity index (χ1n) is 3.49. The predicted molar refractivity (Wildman–Crippen MR) is 39.0 cm³/mol. The molecule has 10 heavy (non-hydrogen) atoms. The van der Waals surface area contributed by atoms with Gasteiger partial charge in [0, 0.05) is 6.42 Å². The van der Waals surface area contributed by atoms with E-state index >= 15 is 0 Å². The fourth-order valence-corrected chi connectivity index (χ4v) is 0.875. The number of ketones is 1. The molecule has 0 spiro atoms. The topological polar surface area (TPSA) is 41.7 Å². The van der Waals surface area contributed by atoms with Crippen molar-refractivity contribution in [2.24, 2.45) is 0 Å². The smallest absolute Gasteiger partial charge is 0.132 e. The predicted octanol–water partition coefficient (Wildman–Crippen LogP) is -1.53. The van der Waals surface area contributed by atoms with E-state index in [4.69, 9.17) is 5.11 Å². The summed E-state index contributed by atoms with van der Waals surface area (Å²) in [7, 11) is 3.90. The number of nitrogens with one attached hydrogen (secondary N) is 1. The molecule has 0 aliphatic rings. The maximum Gasteiger partial charge on any atom is 0.132 e. The van der Waals surface area contributed by atoms with Gasteiger partial charge in [0.15, 0.2) is 0 Å². The van der Waals surface area contributed by atoms with Gasteiger partial charge in [0.2, 0.25) is 0 Å². The maximum absolute atomic E-state index is 10.5. The minimum absolute atomic E-state index is 0.0498. The lowest BCUT2D eigenvalue weighted by Gasteiger charge is -2.11. The number of Topliss-reactive ketones (excluding diaryl/α,β-unsaturated/α-hetero) is 1. The Labute approximate surface area is 61.6 Å². The second kappa shape index (κ2) is 4.41. The van der Waals surface area contributed by atoms with E-state index in [0.29, 0.717) is 6.54 Å². The molecule has 0 saturated heterocycles. The van der Waals surface area contributed by atoms with Crippen LogP contribution in [0.4, 0.5) is 0 Å². The van der Waals surface area contributed by atoms with Crippen molar-refractivity contribution in [2.45, 2.75) is 19.4 Å². The van der Waals surface area contributed by atoms with Crippen LogP contribution in [-0.4, -0.2) is 37.6 Å². The molecule has 3 heteroatoms. The van der Waals surface area contributed by atoms with Gasteiger partial charge < -0.3 is 10.0 Å². The Hall–Kier alpha value is -0.410. The number of aliphatic hydroxyl groups excluding tert-OH is 1. The van der Waals surface area contributed by atoms with Gasteiger partial charge in [-0.25, -0.2) is 0 Å². The molecule has 0 amide bonds. The Balaban J connectivity index is 3.43. The van der Waals surface area contributed by atoms with Crippen LogP contribution in [0.5, 0.6) is 0 Å². The minimum atomic E-state index is -0.470. The monoisotopic (exact) mass is 146 g/mol. The lowest BCUT2D eigenvalue weighted by molar-refractivity contribution is -0.861. The van der Waals surface area contributed by atoms with Crippen LogP contribution in [0, 0.1) is 0 Å². The summed E-state index contributed by atoms with van der Waals surface area (Å²) in [5.41, 5.74) is 0. The molecule has 0 heterocycles. The molecule has 3 nitrogen and oxygen atoms in total. The first-order valence-corrected chi connectivity index (χ1v) is 3.49. The Morgan fingerprint density at radius 2 is 2.10 bits per heavy atom. The Kier molecular flexibility index (Phi) is 4.23. The van der Waals surface area contributed by atoms with E-state index in [1.165, 1.54) is 6.92 Å². The van der Waals surface area contributed by atoms with Gasteiger partial charge in [0.1, 0.15) is 18.4 Å². The van der Waals surface area contributed by atoms with Crippen LogP contribution < -0.4 is 4.90 Å². The number of aliphatic hydroxyl groups is 1. The first kappa shape index (κ1) is 9.59. The van der Waals surface area contributed by atoms with E-state index < -0.39 is 6.10 Å². The molecule has 0 aromatic heterocycles. The van der Waals surface area contributed by atoms with Crippen molar-refractivity contribution in [1.29, 1.82) is 0 Å². The molecule has 0 bridgehead atoms. The summed E-state index contributed by atoms with van der Waals surface area (Å²) in [6, 6.07) is 0. The molecule has 1 atom stereocenters. The molecule has 0 radical (unpaired) electrons. The van der Waals surface area contributed by atoms with E-state index in [1.807, 2.05) is 14.1 Å². The molecular formula is C7H16NO2+. The molecule has 0 aromatic carbocycles. The number of hydrogen-bond donors (Lipinski definition) is 2. The fraction of sp³-hybridized carbons (Fsp3) is 0.857. The fourth-order valence-electron chi connectivity index (χ4n) is 0.875. The van der Waals surface area contributed by atoms with Crippen molar-refractivity contribution in [3.63, 3.8) is 0 Å². The van der Waals surface area contributed by atoms with E-state index in [-0.39, 0.29) is 12.2 Å². The molecule has 2 N–H and O–H groups in total. The van der Waals surface area contributed by atoms with Gasteiger partial charge in [-0.3, -0.25) is 4.79 Å². The number of hydrogen-bond acceptors (Lipinski definition) is 2. The summed E-state index contributed by atoms with van der Waals surface area (Å²) in [5.74, 6) is 0.0498. The highest BCUT2D eigenvalue weighted by Crippen LogP contribution is 1.87. The van der Waals surface area contributed by atoms with Crippen LogP contribution in [0.25, 0.3) is 0 Å². The van der Waals surface area contributed by atoms with Gasteiger partial charge in [0.05, 0.1) is 14.1 Å². The van der Waals surface area contributed by atoms with E-state index in [2.05, 4.69) is 0 Å². The molecule has 0 aliphatic carbocycles. The van der Waals surface area contributed by atoms with Crippen molar-refractivity contribution in [3.05, 3.63) is 0 Å². The highest BCUT2D eigenvalue weighted by Gasteiger charge is 2.09. The van der Waals surface area contributed by atoms with Crippen molar-refractivity contribution in [1.82, 2.24) is 0 Å². The summed E-state index contributed by atoms with van der Waals surface area (Å²) < 4.78 is 0. The molecular weight excluding hydrogens is 130 g/mol. The number of rotatable bonds is 4. The Morgan fingerprint density at radius 3 is 2.40 bits per heavy atom. The SMILES string of the molecule is CC(=O)CC(O)C[NH+](C)C. The van der Waals surface area contributed by atoms with Crippen molar-refractivity contribution in [2.75, 3.05) is 20.6 Å². The quantitative estimate of drug-likeness (QED) is 0.505. The Bertz CT molecular complexity index is 112. The first-order chi connectivity index (χ1) is 4.52. The van der Waals surface area contributed by atoms with Crippen LogP contribution in [0.15, 0.2) is 0 Å². The Morgan fingerprint density at radius 1 is 1.60 bits per heavy atom. The summed E-state index contributed by atoms with van der Waals surface area (Å²) in [4.78, 5) is 11.6. The summed E-state index contributed by atoms with van der Waals surface area (Å²) in [6.45, 7) is 2.13. The van der Waals surface area contributed by atoms with Crippen molar-refractivity contribution in [3.8, 4) is 0 Å². The van der Waals surface area contributed by atoms with Crippen LogP contribution in [0.1, 0.15) is 13.3 Å². The zero-order valence-corrected chi connectivity index (χ0v) is 6.85. The van der Waals surface area contributed by atoms with Gasteiger partial charge in [0.25, 0.3) is 0 Å². The third-order valence-corrected chi connectivity index (χ3v) is 1.17. The highest BCUT2D eigenvalue weighted by atomic mass is 16.3. The average molecular weight is 146 g/mol. The zero-order chi connectivity index (χ0) is 8.15. The average Bonchev–Trinajstić information content (AvgIpc) is 1.58. The second-order valence-corrected chi connectivity index (χ2v) is 2.97. The van der Waals surface area contributed by atoms with Gasteiger partial charge >= 0.3 is 0 Å².